The van der Waals surface area contributed by atoms with Crippen LogP contribution in [0.5, 0.6) is 0 Å². The van der Waals surface area contributed by atoms with Gasteiger partial charge in [-0.1, -0.05) is 12.1 Å². The van der Waals surface area contributed by atoms with Gasteiger partial charge in [-0.05, 0) is 12.1 Å². The van der Waals surface area contributed by atoms with E-state index in [4.69, 9.17) is 0 Å². The van der Waals surface area contributed by atoms with Crippen LogP contribution in [0.25, 0.3) is 11.0 Å². The first kappa shape index (κ1) is 17.5. The third-order valence-electron chi connectivity index (χ3n) is 3.47. The fourth-order valence-electron chi connectivity index (χ4n) is 2.23. The van der Waals surface area contributed by atoms with Crippen molar-refractivity contribution >= 4 is 23.2 Å². The van der Waals surface area contributed by atoms with Gasteiger partial charge >= 0.3 is 0 Å². The molecule has 0 radical (unpaired) electrons. The number of amides is 1. The lowest BCUT2D eigenvalue weighted by atomic mass is 10.2. The molecule has 0 saturated heterocycles. The Labute approximate surface area is 142 Å². The van der Waals surface area contributed by atoms with Gasteiger partial charge in [-0.25, -0.2) is 32.4 Å². The first-order valence-electron chi connectivity index (χ1n) is 7.13. The summed E-state index contributed by atoms with van der Waals surface area (Å²) in [4.78, 5) is 15.9. The van der Waals surface area contributed by atoms with Crippen molar-refractivity contribution in [2.24, 2.45) is 5.10 Å². The SMILES string of the molecule is O=C(Cn1cnc2ccccc21)N/N=C\c1c(F)c(F)c(F)c(F)c1F. The highest BCUT2D eigenvalue weighted by Crippen LogP contribution is 2.21. The second-order valence-electron chi connectivity index (χ2n) is 5.14. The van der Waals surface area contributed by atoms with E-state index in [-0.39, 0.29) is 6.54 Å². The third kappa shape index (κ3) is 3.13. The summed E-state index contributed by atoms with van der Waals surface area (Å²) >= 11 is 0. The van der Waals surface area contributed by atoms with Crippen LogP contribution < -0.4 is 5.43 Å². The van der Waals surface area contributed by atoms with Gasteiger partial charge in [0.05, 0.1) is 29.1 Å². The number of halogens is 5. The minimum Gasteiger partial charge on any atom is -0.321 e. The third-order valence-corrected chi connectivity index (χ3v) is 3.47. The number of benzene rings is 2. The molecule has 0 bridgehead atoms. The summed E-state index contributed by atoms with van der Waals surface area (Å²) in [5.41, 5.74) is 2.03. The maximum atomic E-state index is 13.5. The van der Waals surface area contributed by atoms with Crippen molar-refractivity contribution in [1.82, 2.24) is 15.0 Å². The van der Waals surface area contributed by atoms with Gasteiger partial charge < -0.3 is 4.57 Å². The average molecular weight is 368 g/mol. The zero-order valence-electron chi connectivity index (χ0n) is 12.8. The Kier molecular flexibility index (Phi) is 4.65. The summed E-state index contributed by atoms with van der Waals surface area (Å²) in [6.45, 7) is -0.213. The molecule has 10 heteroatoms. The van der Waals surface area contributed by atoms with Crippen molar-refractivity contribution in [2.75, 3.05) is 0 Å². The smallest absolute Gasteiger partial charge is 0.260 e. The summed E-state index contributed by atoms with van der Waals surface area (Å²) in [7, 11) is 0. The monoisotopic (exact) mass is 368 g/mol. The number of para-hydroxylation sites is 2. The molecule has 0 fully saturated rings. The molecule has 1 N–H and O–H groups in total. The lowest BCUT2D eigenvalue weighted by Gasteiger charge is -2.05. The Balaban J connectivity index is 1.74. The van der Waals surface area contributed by atoms with Gasteiger partial charge in [0.1, 0.15) is 6.54 Å². The lowest BCUT2D eigenvalue weighted by molar-refractivity contribution is -0.121. The zero-order valence-corrected chi connectivity index (χ0v) is 12.8. The quantitative estimate of drug-likeness (QED) is 0.253. The van der Waals surface area contributed by atoms with Gasteiger partial charge in [-0.15, -0.1) is 0 Å². The maximum absolute atomic E-state index is 13.5. The molecule has 3 rings (SSSR count). The van der Waals surface area contributed by atoms with Crippen LogP contribution >= 0.6 is 0 Å². The molecule has 0 saturated carbocycles. The maximum Gasteiger partial charge on any atom is 0.260 e. The number of hydrogen-bond acceptors (Lipinski definition) is 3. The molecule has 0 aliphatic rings. The number of hydrazone groups is 1. The zero-order chi connectivity index (χ0) is 18.8. The predicted octanol–water partition coefficient (Wildman–Crippen LogP) is 2.88. The van der Waals surface area contributed by atoms with Crippen LogP contribution in [0.3, 0.4) is 0 Å². The van der Waals surface area contributed by atoms with E-state index >= 15 is 0 Å². The predicted molar refractivity (Wildman–Crippen MR) is 81.7 cm³/mol. The molecule has 0 atom stereocenters. The molecular weight excluding hydrogens is 359 g/mol. The molecule has 134 valence electrons. The molecule has 0 aliphatic heterocycles. The minimum absolute atomic E-state index is 0.213. The Bertz CT molecular complexity index is 1000. The van der Waals surface area contributed by atoms with E-state index in [1.165, 1.54) is 10.9 Å². The van der Waals surface area contributed by atoms with Crippen molar-refractivity contribution in [3.05, 3.63) is 65.2 Å². The van der Waals surface area contributed by atoms with Crippen LogP contribution in [0.2, 0.25) is 0 Å². The fourth-order valence-corrected chi connectivity index (χ4v) is 2.23. The van der Waals surface area contributed by atoms with E-state index in [2.05, 4.69) is 10.1 Å². The van der Waals surface area contributed by atoms with Gasteiger partial charge in [0.2, 0.25) is 5.82 Å². The van der Waals surface area contributed by atoms with Crippen molar-refractivity contribution in [3.63, 3.8) is 0 Å². The summed E-state index contributed by atoms with van der Waals surface area (Å²) in [6, 6.07) is 6.99. The fraction of sp³-hybridized carbons (Fsp3) is 0.0625. The van der Waals surface area contributed by atoms with Gasteiger partial charge in [-0.2, -0.15) is 5.10 Å². The number of carbonyl (C=O) groups excluding carboxylic acids is 1. The highest BCUT2D eigenvalue weighted by atomic mass is 19.2. The highest BCUT2D eigenvalue weighted by Gasteiger charge is 2.24. The summed E-state index contributed by atoms with van der Waals surface area (Å²) in [5, 5.41) is 3.24. The topological polar surface area (TPSA) is 59.3 Å². The van der Waals surface area contributed by atoms with E-state index in [9.17, 15) is 26.7 Å². The first-order valence-corrected chi connectivity index (χ1v) is 7.13. The molecule has 5 nitrogen and oxygen atoms in total. The number of hydrogen-bond donors (Lipinski definition) is 1. The van der Waals surface area contributed by atoms with Crippen LogP contribution in [-0.2, 0) is 11.3 Å². The molecule has 2 aromatic carbocycles. The summed E-state index contributed by atoms with van der Waals surface area (Å²) < 4.78 is 67.5. The number of imidazole rings is 1. The minimum atomic E-state index is -2.27. The van der Waals surface area contributed by atoms with Gasteiger partial charge in [-0.3, -0.25) is 4.79 Å². The molecule has 0 aliphatic carbocycles. The Hall–Kier alpha value is -3.30. The van der Waals surface area contributed by atoms with E-state index < -0.39 is 40.6 Å². The molecule has 26 heavy (non-hydrogen) atoms. The first-order chi connectivity index (χ1) is 12.4. The van der Waals surface area contributed by atoms with Gasteiger partial charge in [0, 0.05) is 0 Å². The Morgan fingerprint density at radius 1 is 1.04 bits per heavy atom. The second-order valence-corrected chi connectivity index (χ2v) is 5.14. The molecule has 0 unspecified atom stereocenters. The lowest BCUT2D eigenvalue weighted by Crippen LogP contribution is -2.23. The second kappa shape index (κ2) is 6.90. The van der Waals surface area contributed by atoms with Crippen molar-refractivity contribution < 1.29 is 26.7 Å². The van der Waals surface area contributed by atoms with E-state index in [1.54, 1.807) is 24.3 Å². The summed E-state index contributed by atoms with van der Waals surface area (Å²) in [6.07, 6.45) is 1.76. The van der Waals surface area contributed by atoms with Crippen LogP contribution in [0.15, 0.2) is 35.7 Å². The van der Waals surface area contributed by atoms with Gasteiger partial charge in [0.15, 0.2) is 23.3 Å². The highest BCUT2D eigenvalue weighted by molar-refractivity contribution is 5.84. The largest absolute Gasteiger partial charge is 0.321 e. The molecule has 1 heterocycles. The van der Waals surface area contributed by atoms with E-state index in [1.807, 2.05) is 5.43 Å². The molecule has 1 aromatic heterocycles. The Morgan fingerprint density at radius 3 is 2.35 bits per heavy atom. The number of rotatable bonds is 4. The molecular formula is C16H9F5N4O. The van der Waals surface area contributed by atoms with Crippen LogP contribution in [0, 0.1) is 29.1 Å². The van der Waals surface area contributed by atoms with Crippen LogP contribution in [0.1, 0.15) is 5.56 Å². The molecule has 0 spiro atoms. The summed E-state index contributed by atoms with van der Waals surface area (Å²) in [5.74, 6) is -11.2. The van der Waals surface area contributed by atoms with Crippen LogP contribution in [0.4, 0.5) is 22.0 Å². The molecule has 3 aromatic rings. The number of carbonyl (C=O) groups is 1. The number of nitrogens with one attached hydrogen (secondary N) is 1. The van der Waals surface area contributed by atoms with Crippen molar-refractivity contribution in [2.45, 2.75) is 6.54 Å². The number of fused-ring (bicyclic) bond motifs is 1. The molecule has 1 amide bonds. The number of nitrogens with zero attached hydrogens (tertiary/aromatic N) is 3. The standard InChI is InChI=1S/C16H9F5N4O/c17-12-8(13(18)15(20)16(21)14(12)19)5-23-24-11(26)6-25-7-22-9-3-1-2-4-10(9)25/h1-5,7H,6H2,(H,24,26)/b23-5-. The van der Waals surface area contributed by atoms with Crippen LogP contribution in [-0.4, -0.2) is 21.7 Å². The van der Waals surface area contributed by atoms with Crippen molar-refractivity contribution in [3.8, 4) is 0 Å². The average Bonchev–Trinajstić information content (AvgIpc) is 3.04. The normalized spacial score (nSPS) is 11.4. The Morgan fingerprint density at radius 2 is 1.65 bits per heavy atom. The van der Waals surface area contributed by atoms with E-state index in [0.29, 0.717) is 17.2 Å². The van der Waals surface area contributed by atoms with Gasteiger partial charge in [0.25, 0.3) is 5.91 Å². The number of aromatic nitrogens is 2. The van der Waals surface area contributed by atoms with E-state index in [0.717, 1.165) is 0 Å². The van der Waals surface area contributed by atoms with Crippen molar-refractivity contribution in [1.29, 1.82) is 0 Å².